The average Bonchev–Trinajstić information content (AvgIpc) is 2.68. The highest BCUT2D eigenvalue weighted by Crippen LogP contribution is 2.17. The van der Waals surface area contributed by atoms with Gasteiger partial charge in [-0.3, -0.25) is 5.10 Å². The van der Waals surface area contributed by atoms with Gasteiger partial charge in [0.1, 0.15) is 11.6 Å². The van der Waals surface area contributed by atoms with E-state index in [2.05, 4.69) is 15.2 Å². The number of nitrogens with two attached hydrogens (primary N) is 1. The third kappa shape index (κ3) is 2.13. The van der Waals surface area contributed by atoms with E-state index in [0.29, 0.717) is 18.8 Å². The maximum atomic E-state index is 9.13. The van der Waals surface area contributed by atoms with E-state index >= 15 is 0 Å². The van der Waals surface area contributed by atoms with Gasteiger partial charge in [0.2, 0.25) is 0 Å². The van der Waals surface area contributed by atoms with Crippen molar-refractivity contribution in [2.75, 3.05) is 6.54 Å². The largest absolute Gasteiger partial charge is 0.508 e. The van der Waals surface area contributed by atoms with Crippen LogP contribution in [0.25, 0.3) is 11.4 Å². The van der Waals surface area contributed by atoms with Crippen LogP contribution in [0.5, 0.6) is 5.75 Å². The maximum Gasteiger partial charge on any atom is 0.181 e. The van der Waals surface area contributed by atoms with Crippen molar-refractivity contribution < 1.29 is 5.11 Å². The Morgan fingerprint density at radius 2 is 2.00 bits per heavy atom. The third-order valence-corrected chi connectivity index (χ3v) is 2.04. The summed E-state index contributed by atoms with van der Waals surface area (Å²) in [6, 6.07) is 6.75. The zero-order valence-electron chi connectivity index (χ0n) is 8.14. The lowest BCUT2D eigenvalue weighted by Gasteiger charge is -1.94. The summed E-state index contributed by atoms with van der Waals surface area (Å²) in [6.07, 6.45) is 0.686. The molecule has 5 nitrogen and oxygen atoms in total. The summed E-state index contributed by atoms with van der Waals surface area (Å²) >= 11 is 0. The minimum Gasteiger partial charge on any atom is -0.508 e. The molecule has 1 aromatic carbocycles. The third-order valence-electron chi connectivity index (χ3n) is 2.04. The molecule has 1 heterocycles. The average molecular weight is 204 g/mol. The molecule has 0 saturated heterocycles. The number of hydrogen-bond donors (Lipinski definition) is 3. The van der Waals surface area contributed by atoms with Crippen molar-refractivity contribution >= 4 is 0 Å². The van der Waals surface area contributed by atoms with Gasteiger partial charge in [-0.25, -0.2) is 4.98 Å². The van der Waals surface area contributed by atoms with Gasteiger partial charge in [-0.15, -0.1) is 0 Å². The molecule has 0 unspecified atom stereocenters. The van der Waals surface area contributed by atoms with Crippen molar-refractivity contribution in [3.63, 3.8) is 0 Å². The second-order valence-corrected chi connectivity index (χ2v) is 3.19. The van der Waals surface area contributed by atoms with E-state index in [1.807, 2.05) is 0 Å². The first-order valence-electron chi connectivity index (χ1n) is 4.70. The predicted molar refractivity (Wildman–Crippen MR) is 56.2 cm³/mol. The van der Waals surface area contributed by atoms with Crippen molar-refractivity contribution in [2.24, 2.45) is 5.73 Å². The van der Waals surface area contributed by atoms with E-state index in [1.54, 1.807) is 24.3 Å². The van der Waals surface area contributed by atoms with Gasteiger partial charge in [0.25, 0.3) is 0 Å². The van der Waals surface area contributed by atoms with Gasteiger partial charge < -0.3 is 10.8 Å². The predicted octanol–water partition coefficient (Wildman–Crippen LogP) is 0.678. The Hall–Kier alpha value is -1.88. The number of nitrogens with one attached hydrogen (secondary N) is 1. The summed E-state index contributed by atoms with van der Waals surface area (Å²) in [7, 11) is 0. The first-order valence-corrected chi connectivity index (χ1v) is 4.70. The molecule has 2 aromatic rings. The van der Waals surface area contributed by atoms with Crippen LogP contribution in [-0.2, 0) is 6.42 Å². The van der Waals surface area contributed by atoms with Crippen molar-refractivity contribution in [3.05, 3.63) is 30.1 Å². The molecule has 0 saturated carbocycles. The van der Waals surface area contributed by atoms with Crippen LogP contribution in [0.2, 0.25) is 0 Å². The Bertz CT molecular complexity index is 435. The molecule has 15 heavy (non-hydrogen) atoms. The zero-order valence-corrected chi connectivity index (χ0v) is 8.14. The number of phenolic OH excluding ortho intramolecular Hbond substituents is 1. The molecule has 0 radical (unpaired) electrons. The zero-order chi connectivity index (χ0) is 10.7. The van der Waals surface area contributed by atoms with Crippen molar-refractivity contribution in [1.82, 2.24) is 15.2 Å². The highest BCUT2D eigenvalue weighted by Gasteiger charge is 2.04. The van der Waals surface area contributed by atoms with E-state index in [4.69, 9.17) is 10.8 Å². The number of nitrogens with zero attached hydrogens (tertiary/aromatic N) is 2. The summed E-state index contributed by atoms with van der Waals surface area (Å²) in [4.78, 5) is 4.27. The van der Waals surface area contributed by atoms with E-state index in [9.17, 15) is 0 Å². The minimum absolute atomic E-state index is 0.233. The molecule has 0 fully saturated rings. The summed E-state index contributed by atoms with van der Waals surface area (Å²) < 4.78 is 0. The summed E-state index contributed by atoms with van der Waals surface area (Å²) in [6.45, 7) is 0.546. The molecule has 0 bridgehead atoms. The fourth-order valence-electron chi connectivity index (χ4n) is 1.28. The van der Waals surface area contributed by atoms with Gasteiger partial charge in [0, 0.05) is 12.0 Å². The normalized spacial score (nSPS) is 10.5. The van der Waals surface area contributed by atoms with Crippen molar-refractivity contribution in [3.8, 4) is 17.1 Å². The number of aromatic nitrogens is 3. The van der Waals surface area contributed by atoms with Crippen LogP contribution in [0, 0.1) is 0 Å². The summed E-state index contributed by atoms with van der Waals surface area (Å²) in [5, 5.41) is 16.0. The highest BCUT2D eigenvalue weighted by molar-refractivity contribution is 5.55. The number of aromatic amines is 1. The molecule has 4 N–H and O–H groups in total. The maximum absolute atomic E-state index is 9.13. The van der Waals surface area contributed by atoms with Crippen LogP contribution in [0.3, 0.4) is 0 Å². The van der Waals surface area contributed by atoms with Crippen molar-refractivity contribution in [1.29, 1.82) is 0 Å². The quantitative estimate of drug-likeness (QED) is 0.686. The lowest BCUT2D eigenvalue weighted by Crippen LogP contribution is -2.03. The second kappa shape index (κ2) is 4.10. The lowest BCUT2D eigenvalue weighted by atomic mass is 10.2. The Morgan fingerprint density at radius 3 is 2.67 bits per heavy atom. The summed E-state index contributed by atoms with van der Waals surface area (Å²) in [5.74, 6) is 1.63. The van der Waals surface area contributed by atoms with Gasteiger partial charge in [0.15, 0.2) is 5.82 Å². The molecule has 0 aliphatic carbocycles. The molecule has 0 spiro atoms. The first kappa shape index (κ1) is 9.67. The molecular formula is C10H12N4O. The topological polar surface area (TPSA) is 87.8 Å². The number of hydrogen-bond acceptors (Lipinski definition) is 4. The van der Waals surface area contributed by atoms with Gasteiger partial charge in [0.05, 0.1) is 0 Å². The molecule has 1 aromatic heterocycles. The Labute approximate surface area is 87.0 Å². The van der Waals surface area contributed by atoms with E-state index in [0.717, 1.165) is 11.4 Å². The minimum atomic E-state index is 0.233. The van der Waals surface area contributed by atoms with Crippen LogP contribution in [-0.4, -0.2) is 26.8 Å². The van der Waals surface area contributed by atoms with Gasteiger partial charge in [-0.2, -0.15) is 5.10 Å². The second-order valence-electron chi connectivity index (χ2n) is 3.19. The molecule has 0 aliphatic heterocycles. The fourth-order valence-corrected chi connectivity index (χ4v) is 1.28. The van der Waals surface area contributed by atoms with E-state index < -0.39 is 0 Å². The number of phenols is 1. The molecule has 0 amide bonds. The van der Waals surface area contributed by atoms with E-state index in [-0.39, 0.29) is 5.75 Å². The molecule has 2 rings (SSSR count). The Balaban J connectivity index is 2.25. The fraction of sp³-hybridized carbons (Fsp3) is 0.200. The first-order chi connectivity index (χ1) is 7.29. The smallest absolute Gasteiger partial charge is 0.181 e. The molecule has 5 heteroatoms. The van der Waals surface area contributed by atoms with Crippen molar-refractivity contribution in [2.45, 2.75) is 6.42 Å². The molecule has 0 aliphatic rings. The summed E-state index contributed by atoms with van der Waals surface area (Å²) in [5.41, 5.74) is 6.28. The number of benzene rings is 1. The monoisotopic (exact) mass is 204 g/mol. The van der Waals surface area contributed by atoms with Gasteiger partial charge in [-0.05, 0) is 30.8 Å². The highest BCUT2D eigenvalue weighted by atomic mass is 16.3. The number of aromatic hydroxyl groups is 1. The van der Waals surface area contributed by atoms with Crippen LogP contribution in [0.15, 0.2) is 24.3 Å². The van der Waals surface area contributed by atoms with Gasteiger partial charge >= 0.3 is 0 Å². The van der Waals surface area contributed by atoms with Gasteiger partial charge in [-0.1, -0.05) is 0 Å². The SMILES string of the molecule is NCCc1nc(-c2ccc(O)cc2)n[nH]1. The van der Waals surface area contributed by atoms with Crippen LogP contribution >= 0.6 is 0 Å². The Morgan fingerprint density at radius 1 is 1.27 bits per heavy atom. The standard InChI is InChI=1S/C10H12N4O/c11-6-5-9-12-10(14-13-9)7-1-3-8(15)4-2-7/h1-4,15H,5-6,11H2,(H,12,13,14). The molecule has 78 valence electrons. The molecule has 0 atom stereocenters. The number of rotatable bonds is 3. The van der Waals surface area contributed by atoms with Crippen LogP contribution in [0.1, 0.15) is 5.82 Å². The number of H-pyrrole nitrogens is 1. The molecular weight excluding hydrogens is 192 g/mol. The van der Waals surface area contributed by atoms with Crippen LogP contribution < -0.4 is 5.73 Å². The van der Waals surface area contributed by atoms with Crippen LogP contribution in [0.4, 0.5) is 0 Å². The Kier molecular flexibility index (Phi) is 2.64. The van der Waals surface area contributed by atoms with E-state index in [1.165, 1.54) is 0 Å². The lowest BCUT2D eigenvalue weighted by molar-refractivity contribution is 0.475.